The Balaban J connectivity index is 0. The molecule has 0 rings (SSSR count). The Hall–Kier alpha value is 0.620. The van der Waals surface area contributed by atoms with Crippen molar-refractivity contribution >= 4 is 43.3 Å². The van der Waals surface area contributed by atoms with Crippen molar-refractivity contribution in [2.24, 2.45) is 0 Å². The molecule has 0 aliphatic rings. The molecule has 5 nitrogen and oxygen atoms in total. The van der Waals surface area contributed by atoms with Gasteiger partial charge in [0.25, 0.3) is 0 Å². The summed E-state index contributed by atoms with van der Waals surface area (Å²) in [6, 6.07) is 0. The van der Waals surface area contributed by atoms with E-state index < -0.39 is 13.8 Å². The molecule has 0 atom stereocenters. The van der Waals surface area contributed by atoms with Crippen molar-refractivity contribution in [1.29, 1.82) is 0 Å². The summed E-state index contributed by atoms with van der Waals surface area (Å²) < 4.78 is 13.2. The van der Waals surface area contributed by atoms with Gasteiger partial charge >= 0.3 is 43.3 Å². The van der Waals surface area contributed by atoms with Gasteiger partial charge in [-0.3, -0.25) is 14.6 Å². The van der Waals surface area contributed by atoms with Crippen molar-refractivity contribution in [1.82, 2.24) is 0 Å². The van der Waals surface area contributed by atoms with Crippen LogP contribution in [0.4, 0.5) is 0 Å². The van der Waals surface area contributed by atoms with E-state index in [1.54, 1.807) is 0 Å². The van der Waals surface area contributed by atoms with E-state index in [0.29, 0.717) is 0 Å². The van der Waals surface area contributed by atoms with Gasteiger partial charge in [-0.2, -0.15) is 0 Å². The van der Waals surface area contributed by atoms with Crippen LogP contribution in [0.5, 0.6) is 0 Å². The topological polar surface area (TPSA) is 83.8 Å². The second-order valence-corrected chi connectivity index (χ2v) is 2.24. The Morgan fingerprint density at radius 2 is 1.89 bits per heavy atom. The first-order valence-corrected chi connectivity index (χ1v) is 3.20. The van der Waals surface area contributed by atoms with E-state index in [1.165, 1.54) is 0 Å². The maximum absolute atomic E-state index is 9.74. The molecule has 7 heteroatoms. The maximum atomic E-state index is 9.74. The van der Waals surface area contributed by atoms with Crippen LogP contribution < -0.4 is 0 Å². The SMILES string of the molecule is CC(=O)OP(=O)(O)O.[NaH]. The van der Waals surface area contributed by atoms with Gasteiger partial charge < -0.3 is 4.52 Å². The zero-order valence-electron chi connectivity index (χ0n) is 4.07. The Kier molecular flexibility index (Phi) is 6.07. The van der Waals surface area contributed by atoms with Gasteiger partial charge in [-0.15, -0.1) is 0 Å². The molecule has 0 spiro atoms. The molecule has 0 radical (unpaired) electrons. The first kappa shape index (κ1) is 12.3. The summed E-state index contributed by atoms with van der Waals surface area (Å²) in [7, 11) is -4.57. The molecule has 0 saturated heterocycles. The second-order valence-electron chi connectivity index (χ2n) is 1.07. The van der Waals surface area contributed by atoms with E-state index in [1.807, 2.05) is 0 Å². The van der Waals surface area contributed by atoms with Crippen molar-refractivity contribution in [2.75, 3.05) is 0 Å². The molecule has 0 aliphatic heterocycles. The fourth-order valence-corrected chi connectivity index (χ4v) is 0.502. The van der Waals surface area contributed by atoms with Crippen LogP contribution in [0.3, 0.4) is 0 Å². The van der Waals surface area contributed by atoms with Gasteiger partial charge in [0.2, 0.25) is 0 Å². The normalized spacial score (nSPS) is 9.67. The van der Waals surface area contributed by atoms with Gasteiger partial charge in [0.1, 0.15) is 0 Å². The summed E-state index contributed by atoms with van der Waals surface area (Å²) in [4.78, 5) is 25.5. The van der Waals surface area contributed by atoms with Crippen LogP contribution in [0, 0.1) is 0 Å². The number of rotatable bonds is 1. The summed E-state index contributed by atoms with van der Waals surface area (Å²) in [5, 5.41) is 0. The molecular formula is C2H6NaO5P. The molecular weight excluding hydrogens is 158 g/mol. The van der Waals surface area contributed by atoms with E-state index in [4.69, 9.17) is 9.79 Å². The monoisotopic (exact) mass is 164 g/mol. The van der Waals surface area contributed by atoms with E-state index in [2.05, 4.69) is 4.52 Å². The third-order valence-electron chi connectivity index (χ3n) is 0.247. The molecule has 0 saturated carbocycles. The number of phosphoric acid groups is 1. The third-order valence-corrected chi connectivity index (χ3v) is 0.742. The van der Waals surface area contributed by atoms with Gasteiger partial charge in [0.15, 0.2) is 0 Å². The Labute approximate surface area is 73.9 Å². The quantitative estimate of drug-likeness (QED) is 0.383. The summed E-state index contributed by atoms with van der Waals surface area (Å²) in [5.41, 5.74) is 0. The van der Waals surface area contributed by atoms with E-state index in [9.17, 15) is 9.36 Å². The Morgan fingerprint density at radius 3 is 1.89 bits per heavy atom. The predicted octanol–water partition coefficient (Wildman–Crippen LogP) is -1.01. The molecule has 0 aromatic heterocycles. The molecule has 0 amide bonds. The van der Waals surface area contributed by atoms with Crippen LogP contribution >= 0.6 is 7.82 Å². The van der Waals surface area contributed by atoms with E-state index in [0.717, 1.165) is 6.92 Å². The van der Waals surface area contributed by atoms with Gasteiger partial charge in [0.05, 0.1) is 0 Å². The van der Waals surface area contributed by atoms with Gasteiger partial charge in [-0.1, -0.05) is 0 Å². The Morgan fingerprint density at radius 1 is 1.56 bits per heavy atom. The van der Waals surface area contributed by atoms with Crippen molar-refractivity contribution in [3.8, 4) is 0 Å². The van der Waals surface area contributed by atoms with E-state index in [-0.39, 0.29) is 29.6 Å². The number of hydrogen-bond acceptors (Lipinski definition) is 3. The van der Waals surface area contributed by atoms with Crippen molar-refractivity contribution in [3.63, 3.8) is 0 Å². The van der Waals surface area contributed by atoms with Crippen LogP contribution in [-0.4, -0.2) is 45.3 Å². The average Bonchev–Trinajstić information content (AvgIpc) is 1.21. The standard InChI is InChI=1S/C2H5O5P.Na.H/c1-2(3)7-8(4,5)6;;/h1H3,(H2,4,5,6);;. The minimum absolute atomic E-state index is 0. The molecule has 0 unspecified atom stereocenters. The molecule has 0 aromatic carbocycles. The minimum atomic E-state index is -4.57. The summed E-state index contributed by atoms with van der Waals surface area (Å²) in [6.45, 7) is 0.916. The fourth-order valence-electron chi connectivity index (χ4n) is 0.167. The van der Waals surface area contributed by atoms with Crippen LogP contribution in [0.1, 0.15) is 6.92 Å². The van der Waals surface area contributed by atoms with Gasteiger partial charge in [0, 0.05) is 6.92 Å². The van der Waals surface area contributed by atoms with Crippen LogP contribution in [-0.2, 0) is 13.9 Å². The molecule has 0 aliphatic carbocycles. The summed E-state index contributed by atoms with van der Waals surface area (Å²) in [6.07, 6.45) is 0. The fraction of sp³-hybridized carbons (Fsp3) is 0.500. The zero-order valence-corrected chi connectivity index (χ0v) is 4.96. The first-order chi connectivity index (χ1) is 3.42. The molecule has 0 fully saturated rings. The predicted molar refractivity (Wildman–Crippen MR) is 31.0 cm³/mol. The van der Waals surface area contributed by atoms with Crippen LogP contribution in [0.2, 0.25) is 0 Å². The molecule has 0 heterocycles. The Bertz CT molecular complexity index is 138. The van der Waals surface area contributed by atoms with Crippen LogP contribution in [0.25, 0.3) is 0 Å². The van der Waals surface area contributed by atoms with Gasteiger partial charge in [-0.25, -0.2) is 4.57 Å². The number of hydrogen-bond donors (Lipinski definition) is 2. The molecule has 2 N–H and O–H groups in total. The van der Waals surface area contributed by atoms with Gasteiger partial charge in [-0.05, 0) is 0 Å². The van der Waals surface area contributed by atoms with Crippen molar-refractivity contribution in [2.45, 2.75) is 6.92 Å². The number of carbonyl (C=O) groups excluding carboxylic acids is 1. The summed E-state index contributed by atoms with van der Waals surface area (Å²) >= 11 is 0. The molecule has 0 aromatic rings. The van der Waals surface area contributed by atoms with Crippen LogP contribution in [0.15, 0.2) is 0 Å². The number of phosphoric ester groups is 1. The van der Waals surface area contributed by atoms with E-state index >= 15 is 0 Å². The number of carbonyl (C=O) groups is 1. The third kappa shape index (κ3) is 12.0. The molecule has 9 heavy (non-hydrogen) atoms. The summed E-state index contributed by atoms with van der Waals surface area (Å²) in [5.74, 6) is -0.988. The second kappa shape index (κ2) is 4.44. The van der Waals surface area contributed by atoms with Crippen molar-refractivity contribution in [3.05, 3.63) is 0 Å². The van der Waals surface area contributed by atoms with Crippen molar-refractivity contribution < 1.29 is 23.7 Å². The first-order valence-electron chi connectivity index (χ1n) is 1.67. The molecule has 0 bridgehead atoms. The average molecular weight is 164 g/mol. The zero-order chi connectivity index (χ0) is 6.78. The molecule has 50 valence electrons.